The molecule has 0 aromatic heterocycles. The molecule has 96 valence electrons. The lowest BCUT2D eigenvalue weighted by molar-refractivity contribution is -0.134. The molecule has 2 nitrogen and oxygen atoms in total. The Hall–Kier alpha value is -1.05. The molecule has 2 aliphatic rings. The summed E-state index contributed by atoms with van der Waals surface area (Å²) in [5, 5.41) is 0. The maximum absolute atomic E-state index is 9.84. The van der Waals surface area contributed by atoms with Gasteiger partial charge in [-0.2, -0.15) is 0 Å². The normalized spacial score (nSPS) is 33.6. The molecule has 0 aliphatic heterocycles. The fraction of sp³-hybridized carbons (Fsp3) is 0.667. The average molecular weight is 236 g/mol. The molecule has 4 unspecified atom stereocenters. The van der Waals surface area contributed by atoms with Gasteiger partial charge in [-0.1, -0.05) is 39.0 Å². The van der Waals surface area contributed by atoms with E-state index in [1.807, 2.05) is 0 Å². The van der Waals surface area contributed by atoms with Gasteiger partial charge < -0.3 is 4.74 Å². The molecule has 2 heteroatoms. The summed E-state index contributed by atoms with van der Waals surface area (Å²) in [6.07, 6.45) is 10.2. The molecule has 2 rings (SSSR count). The number of allylic oxidation sites excluding steroid dienone is 2. The number of carbonyl (C=O) groups is 1. The zero-order chi connectivity index (χ0) is 12.8. The molecule has 0 aromatic rings. The monoisotopic (exact) mass is 236 g/mol. The van der Waals surface area contributed by atoms with E-state index in [0.717, 1.165) is 29.7 Å². The molecule has 0 aromatic carbocycles. The van der Waals surface area contributed by atoms with Crippen LogP contribution in [0.15, 0.2) is 24.8 Å². The standard InChI is InChI=1S/C11H18.C4H6O2/c1-3-9-7-8(2)10-5-4-6-11(9)10;1-3-4(5)6-2/h4-5,8-11H,3,6-7H2,1-2H3;3H,1H2,2H3. The van der Waals surface area contributed by atoms with E-state index in [4.69, 9.17) is 0 Å². The van der Waals surface area contributed by atoms with Crippen LogP contribution >= 0.6 is 0 Å². The van der Waals surface area contributed by atoms with Crippen LogP contribution < -0.4 is 0 Å². The Morgan fingerprint density at radius 1 is 1.59 bits per heavy atom. The van der Waals surface area contributed by atoms with Crippen molar-refractivity contribution in [1.29, 1.82) is 0 Å². The van der Waals surface area contributed by atoms with Crippen LogP contribution in [0.2, 0.25) is 0 Å². The summed E-state index contributed by atoms with van der Waals surface area (Å²) >= 11 is 0. The highest BCUT2D eigenvalue weighted by Crippen LogP contribution is 2.48. The predicted octanol–water partition coefficient (Wildman–Crippen LogP) is 3.59. The molecule has 0 heterocycles. The zero-order valence-electron chi connectivity index (χ0n) is 11.2. The first-order valence-electron chi connectivity index (χ1n) is 6.51. The Kier molecular flexibility index (Phi) is 5.46. The molecule has 0 saturated heterocycles. The summed E-state index contributed by atoms with van der Waals surface area (Å²) in [6, 6.07) is 0. The summed E-state index contributed by atoms with van der Waals surface area (Å²) in [5.41, 5.74) is 0. The average Bonchev–Trinajstić information content (AvgIpc) is 2.93. The first-order valence-corrected chi connectivity index (χ1v) is 6.51. The molecule has 1 fully saturated rings. The van der Waals surface area contributed by atoms with Crippen molar-refractivity contribution in [3.8, 4) is 0 Å². The van der Waals surface area contributed by atoms with Crippen molar-refractivity contribution in [2.45, 2.75) is 33.1 Å². The number of hydrogen-bond donors (Lipinski definition) is 0. The maximum Gasteiger partial charge on any atom is 0.329 e. The number of ether oxygens (including phenoxy) is 1. The largest absolute Gasteiger partial charge is 0.466 e. The molecule has 0 spiro atoms. The van der Waals surface area contributed by atoms with E-state index < -0.39 is 5.97 Å². The first-order chi connectivity index (χ1) is 8.13. The third kappa shape index (κ3) is 3.45. The zero-order valence-corrected chi connectivity index (χ0v) is 11.2. The van der Waals surface area contributed by atoms with E-state index >= 15 is 0 Å². The van der Waals surface area contributed by atoms with Crippen LogP contribution in [0.1, 0.15) is 33.1 Å². The van der Waals surface area contributed by atoms with Crippen LogP contribution in [0.25, 0.3) is 0 Å². The maximum atomic E-state index is 9.84. The summed E-state index contributed by atoms with van der Waals surface area (Å²) in [7, 11) is 1.31. The van der Waals surface area contributed by atoms with E-state index in [1.165, 1.54) is 26.4 Å². The van der Waals surface area contributed by atoms with Crippen LogP contribution in [0.4, 0.5) is 0 Å². The number of methoxy groups -OCH3 is 1. The molecule has 17 heavy (non-hydrogen) atoms. The van der Waals surface area contributed by atoms with Gasteiger partial charge in [0.05, 0.1) is 7.11 Å². The Balaban J connectivity index is 0.000000209. The molecule has 0 bridgehead atoms. The quantitative estimate of drug-likeness (QED) is 0.416. The Morgan fingerprint density at radius 2 is 2.29 bits per heavy atom. The van der Waals surface area contributed by atoms with Gasteiger partial charge in [-0.25, -0.2) is 4.79 Å². The number of rotatable bonds is 2. The molecule has 4 atom stereocenters. The topological polar surface area (TPSA) is 26.3 Å². The molecule has 0 amide bonds. The molecular weight excluding hydrogens is 212 g/mol. The second-order valence-corrected chi connectivity index (χ2v) is 5.01. The van der Waals surface area contributed by atoms with Crippen LogP contribution in [0.3, 0.4) is 0 Å². The van der Waals surface area contributed by atoms with Crippen molar-refractivity contribution in [3.05, 3.63) is 24.8 Å². The predicted molar refractivity (Wildman–Crippen MR) is 70.5 cm³/mol. The fourth-order valence-corrected chi connectivity index (χ4v) is 3.17. The van der Waals surface area contributed by atoms with Gasteiger partial charge in [-0.05, 0) is 36.5 Å². The van der Waals surface area contributed by atoms with Crippen molar-refractivity contribution in [1.82, 2.24) is 0 Å². The van der Waals surface area contributed by atoms with Gasteiger partial charge in [0.1, 0.15) is 0 Å². The third-order valence-corrected chi connectivity index (χ3v) is 4.09. The number of fused-ring (bicyclic) bond motifs is 1. The van der Waals surface area contributed by atoms with E-state index in [-0.39, 0.29) is 0 Å². The van der Waals surface area contributed by atoms with Crippen LogP contribution in [-0.2, 0) is 9.53 Å². The third-order valence-electron chi connectivity index (χ3n) is 4.09. The van der Waals surface area contributed by atoms with E-state index in [0.29, 0.717) is 0 Å². The highest BCUT2D eigenvalue weighted by atomic mass is 16.5. The van der Waals surface area contributed by atoms with Crippen LogP contribution in [0, 0.1) is 23.7 Å². The van der Waals surface area contributed by atoms with Crippen LogP contribution in [-0.4, -0.2) is 13.1 Å². The fourth-order valence-electron chi connectivity index (χ4n) is 3.17. The second-order valence-electron chi connectivity index (χ2n) is 5.01. The van der Waals surface area contributed by atoms with Gasteiger partial charge in [-0.3, -0.25) is 0 Å². The van der Waals surface area contributed by atoms with E-state index in [1.54, 1.807) is 0 Å². The minimum atomic E-state index is -0.394. The van der Waals surface area contributed by atoms with Crippen molar-refractivity contribution >= 4 is 5.97 Å². The summed E-state index contributed by atoms with van der Waals surface area (Å²) in [5.74, 6) is 3.57. The van der Waals surface area contributed by atoms with Crippen molar-refractivity contribution in [2.24, 2.45) is 23.7 Å². The second kappa shape index (κ2) is 6.63. The smallest absolute Gasteiger partial charge is 0.329 e. The van der Waals surface area contributed by atoms with Crippen molar-refractivity contribution in [2.75, 3.05) is 7.11 Å². The van der Waals surface area contributed by atoms with Crippen molar-refractivity contribution in [3.63, 3.8) is 0 Å². The van der Waals surface area contributed by atoms with Gasteiger partial charge in [0.15, 0.2) is 0 Å². The molecule has 0 N–H and O–H groups in total. The lowest BCUT2D eigenvalue weighted by Gasteiger charge is -2.16. The minimum Gasteiger partial charge on any atom is -0.466 e. The Bertz CT molecular complexity index is 293. The molecule has 2 aliphatic carbocycles. The Labute approximate surface area is 105 Å². The lowest BCUT2D eigenvalue weighted by Crippen LogP contribution is -2.09. The number of carbonyl (C=O) groups excluding carboxylic acids is 1. The lowest BCUT2D eigenvalue weighted by atomic mass is 9.89. The minimum absolute atomic E-state index is 0.394. The Morgan fingerprint density at radius 3 is 2.76 bits per heavy atom. The molecular formula is C15H24O2. The van der Waals surface area contributed by atoms with Gasteiger partial charge in [0.25, 0.3) is 0 Å². The number of esters is 1. The molecule has 1 saturated carbocycles. The first kappa shape index (κ1) is 14.0. The van der Waals surface area contributed by atoms with Crippen LogP contribution in [0.5, 0.6) is 0 Å². The van der Waals surface area contributed by atoms with Gasteiger partial charge in [0.2, 0.25) is 0 Å². The highest BCUT2D eigenvalue weighted by Gasteiger charge is 2.39. The van der Waals surface area contributed by atoms with E-state index in [9.17, 15) is 4.79 Å². The highest BCUT2D eigenvalue weighted by molar-refractivity contribution is 5.80. The SMILES string of the molecule is C=CC(=O)OC.CCC1CC(C)C2C=CCC12. The van der Waals surface area contributed by atoms with E-state index in [2.05, 4.69) is 37.3 Å². The summed E-state index contributed by atoms with van der Waals surface area (Å²) in [6.45, 7) is 7.92. The molecule has 0 radical (unpaired) electrons. The van der Waals surface area contributed by atoms with Gasteiger partial charge in [0, 0.05) is 6.08 Å². The van der Waals surface area contributed by atoms with Crippen molar-refractivity contribution < 1.29 is 9.53 Å². The summed E-state index contributed by atoms with van der Waals surface area (Å²) < 4.78 is 4.14. The van der Waals surface area contributed by atoms with Gasteiger partial charge >= 0.3 is 5.97 Å². The summed E-state index contributed by atoms with van der Waals surface area (Å²) in [4.78, 5) is 9.84. The number of hydrogen-bond acceptors (Lipinski definition) is 2. The van der Waals surface area contributed by atoms with Gasteiger partial charge in [-0.15, -0.1) is 0 Å².